The molecule has 0 fully saturated rings. The van der Waals surface area contributed by atoms with Crippen LogP contribution in [0.4, 0.5) is 8.78 Å². The van der Waals surface area contributed by atoms with E-state index in [-0.39, 0.29) is 40.1 Å². The molecular weight excluding hydrogens is 380 g/mol. The van der Waals surface area contributed by atoms with Crippen molar-refractivity contribution in [2.75, 3.05) is 0 Å². The van der Waals surface area contributed by atoms with Crippen LogP contribution < -0.4 is 5.56 Å². The number of H-pyrrole nitrogens is 1. The number of alkyl halides is 1. The normalized spacial score (nSPS) is 11.1. The highest BCUT2D eigenvalue weighted by atomic mass is 19.1. The van der Waals surface area contributed by atoms with Gasteiger partial charge in [0.1, 0.15) is 18.2 Å². The number of nitrogens with zero attached hydrogens (tertiary/aromatic N) is 2. The van der Waals surface area contributed by atoms with Gasteiger partial charge >= 0.3 is 5.97 Å². The van der Waals surface area contributed by atoms with Crippen LogP contribution in [-0.4, -0.2) is 25.6 Å². The average molecular weight is 395 g/mol. The Hall–Kier alpha value is -3.81. The molecule has 1 aromatic carbocycles. The highest BCUT2D eigenvalue weighted by Gasteiger charge is 2.26. The number of aromatic amines is 1. The zero-order chi connectivity index (χ0) is 20.5. The van der Waals surface area contributed by atoms with Gasteiger partial charge in [0.2, 0.25) is 0 Å². The maximum Gasteiger partial charge on any atom is 0.353 e. The Morgan fingerprint density at radius 2 is 1.93 bits per heavy atom. The summed E-state index contributed by atoms with van der Waals surface area (Å²) in [6, 6.07) is 12.0. The SMILES string of the molecule is O=C(O)c1c(-c2ccc[nH]c2=O)c2nc(CF)ccc2n1Cc1ccccc1F. The van der Waals surface area contributed by atoms with Crippen molar-refractivity contribution in [3.05, 3.63) is 87.9 Å². The standard InChI is InChI=1S/C21H15F2N3O3/c22-10-13-7-8-16-18(25-13)17(14-5-3-9-24-20(14)27)19(21(28)29)26(16)11-12-4-1-2-6-15(12)23/h1-9H,10-11H2,(H,24,27)(H,28,29). The van der Waals surface area contributed by atoms with Gasteiger partial charge in [0, 0.05) is 17.3 Å². The summed E-state index contributed by atoms with van der Waals surface area (Å²) in [4.78, 5) is 31.3. The van der Waals surface area contributed by atoms with Gasteiger partial charge in [-0.1, -0.05) is 18.2 Å². The van der Waals surface area contributed by atoms with Crippen molar-refractivity contribution in [3.8, 4) is 11.1 Å². The molecule has 0 bridgehead atoms. The van der Waals surface area contributed by atoms with Crippen molar-refractivity contribution < 1.29 is 18.7 Å². The Morgan fingerprint density at radius 3 is 2.62 bits per heavy atom. The van der Waals surface area contributed by atoms with Crippen molar-refractivity contribution in [1.29, 1.82) is 0 Å². The summed E-state index contributed by atoms with van der Waals surface area (Å²) in [5.74, 6) is -1.79. The van der Waals surface area contributed by atoms with E-state index in [4.69, 9.17) is 0 Å². The summed E-state index contributed by atoms with van der Waals surface area (Å²) >= 11 is 0. The molecule has 146 valence electrons. The molecule has 0 amide bonds. The van der Waals surface area contributed by atoms with Gasteiger partial charge in [0.25, 0.3) is 5.56 Å². The van der Waals surface area contributed by atoms with Crippen LogP contribution in [0.2, 0.25) is 0 Å². The summed E-state index contributed by atoms with van der Waals surface area (Å²) < 4.78 is 28.9. The fourth-order valence-electron chi connectivity index (χ4n) is 3.39. The predicted octanol–water partition coefficient (Wildman–Crippen LogP) is 3.75. The largest absolute Gasteiger partial charge is 0.477 e. The van der Waals surface area contributed by atoms with Gasteiger partial charge in [0.05, 0.1) is 28.8 Å². The number of aromatic nitrogens is 3. The molecule has 0 atom stereocenters. The number of hydrogen-bond donors (Lipinski definition) is 2. The maximum atomic E-state index is 14.2. The van der Waals surface area contributed by atoms with Crippen molar-refractivity contribution in [2.45, 2.75) is 13.2 Å². The van der Waals surface area contributed by atoms with E-state index in [1.807, 2.05) is 0 Å². The predicted molar refractivity (Wildman–Crippen MR) is 103 cm³/mol. The number of halogens is 2. The van der Waals surface area contributed by atoms with E-state index < -0.39 is 24.0 Å². The molecule has 0 unspecified atom stereocenters. The fourth-order valence-corrected chi connectivity index (χ4v) is 3.39. The second-order valence-electron chi connectivity index (χ2n) is 6.42. The van der Waals surface area contributed by atoms with E-state index in [2.05, 4.69) is 9.97 Å². The number of nitrogens with one attached hydrogen (secondary N) is 1. The number of benzene rings is 1. The number of rotatable bonds is 5. The van der Waals surface area contributed by atoms with Crippen LogP contribution in [-0.2, 0) is 13.2 Å². The molecule has 3 heterocycles. The van der Waals surface area contributed by atoms with Crippen LogP contribution in [0.1, 0.15) is 21.7 Å². The summed E-state index contributed by atoms with van der Waals surface area (Å²) in [6.07, 6.45) is 1.42. The summed E-state index contributed by atoms with van der Waals surface area (Å²) in [5, 5.41) is 9.94. The Morgan fingerprint density at radius 1 is 1.14 bits per heavy atom. The van der Waals surface area contributed by atoms with Crippen LogP contribution in [0.15, 0.2) is 59.5 Å². The lowest BCUT2D eigenvalue weighted by atomic mass is 10.1. The average Bonchev–Trinajstić information content (AvgIpc) is 3.03. The van der Waals surface area contributed by atoms with E-state index >= 15 is 0 Å². The van der Waals surface area contributed by atoms with E-state index in [9.17, 15) is 23.5 Å². The van der Waals surface area contributed by atoms with E-state index in [0.717, 1.165) is 0 Å². The summed E-state index contributed by atoms with van der Waals surface area (Å²) in [6.45, 7) is -0.937. The molecule has 0 aliphatic carbocycles. The minimum absolute atomic E-state index is 0.0704. The molecule has 0 radical (unpaired) electrons. The lowest BCUT2D eigenvalue weighted by Gasteiger charge is -2.10. The zero-order valence-corrected chi connectivity index (χ0v) is 15.0. The molecule has 4 rings (SSSR count). The molecule has 29 heavy (non-hydrogen) atoms. The number of carboxylic acids is 1. The minimum Gasteiger partial charge on any atom is -0.477 e. The van der Waals surface area contributed by atoms with E-state index in [1.165, 1.54) is 41.1 Å². The van der Waals surface area contributed by atoms with Gasteiger partial charge in [-0.05, 0) is 30.3 Å². The molecular formula is C21H15F2N3O3. The van der Waals surface area contributed by atoms with Crippen molar-refractivity contribution in [2.24, 2.45) is 0 Å². The first kappa shape index (κ1) is 18.5. The van der Waals surface area contributed by atoms with Crippen LogP contribution in [0.3, 0.4) is 0 Å². The fraction of sp³-hybridized carbons (Fsp3) is 0.0952. The van der Waals surface area contributed by atoms with Gasteiger partial charge in [-0.2, -0.15) is 0 Å². The smallest absolute Gasteiger partial charge is 0.353 e. The first-order chi connectivity index (χ1) is 14.0. The topological polar surface area (TPSA) is 88.0 Å². The first-order valence-electron chi connectivity index (χ1n) is 8.74. The molecule has 0 saturated carbocycles. The molecule has 0 aliphatic heterocycles. The second-order valence-corrected chi connectivity index (χ2v) is 6.42. The van der Waals surface area contributed by atoms with Crippen LogP contribution in [0.25, 0.3) is 22.2 Å². The van der Waals surface area contributed by atoms with E-state index in [0.29, 0.717) is 5.52 Å². The lowest BCUT2D eigenvalue weighted by Crippen LogP contribution is -2.14. The molecule has 8 heteroatoms. The first-order valence-corrected chi connectivity index (χ1v) is 8.74. The maximum absolute atomic E-state index is 14.2. The number of carbonyl (C=O) groups is 1. The number of aromatic carboxylic acids is 1. The van der Waals surface area contributed by atoms with Crippen LogP contribution in [0, 0.1) is 5.82 Å². The van der Waals surface area contributed by atoms with Gasteiger partial charge in [-0.25, -0.2) is 18.6 Å². The number of hydrogen-bond acceptors (Lipinski definition) is 3. The quantitative estimate of drug-likeness (QED) is 0.539. The molecule has 6 nitrogen and oxygen atoms in total. The van der Waals surface area contributed by atoms with Crippen molar-refractivity contribution in [1.82, 2.24) is 14.5 Å². The summed E-state index contributed by atoms with van der Waals surface area (Å²) in [7, 11) is 0. The highest BCUT2D eigenvalue weighted by molar-refractivity contribution is 6.06. The number of pyridine rings is 2. The number of carboxylic acid groups (broad SMARTS) is 1. The monoisotopic (exact) mass is 395 g/mol. The molecule has 0 saturated heterocycles. The molecule has 3 aromatic heterocycles. The van der Waals surface area contributed by atoms with Gasteiger partial charge in [0.15, 0.2) is 0 Å². The molecule has 4 aromatic rings. The highest BCUT2D eigenvalue weighted by Crippen LogP contribution is 2.33. The Bertz CT molecular complexity index is 1290. The Kier molecular flexibility index (Phi) is 4.67. The van der Waals surface area contributed by atoms with Gasteiger partial charge < -0.3 is 14.7 Å². The second kappa shape index (κ2) is 7.31. The molecule has 0 aliphatic rings. The third-order valence-electron chi connectivity index (χ3n) is 4.68. The Balaban J connectivity index is 2.09. The number of fused-ring (bicyclic) bond motifs is 1. The van der Waals surface area contributed by atoms with Crippen molar-refractivity contribution in [3.63, 3.8) is 0 Å². The van der Waals surface area contributed by atoms with Gasteiger partial charge in [-0.3, -0.25) is 4.79 Å². The third kappa shape index (κ3) is 3.18. The third-order valence-corrected chi connectivity index (χ3v) is 4.68. The van der Waals surface area contributed by atoms with Crippen LogP contribution in [0.5, 0.6) is 0 Å². The van der Waals surface area contributed by atoms with Crippen molar-refractivity contribution >= 4 is 17.0 Å². The Labute approximate surface area is 163 Å². The minimum atomic E-state index is -1.31. The summed E-state index contributed by atoms with van der Waals surface area (Å²) in [5.41, 5.74) is 0.343. The molecule has 2 N–H and O–H groups in total. The van der Waals surface area contributed by atoms with Gasteiger partial charge in [-0.15, -0.1) is 0 Å². The lowest BCUT2D eigenvalue weighted by molar-refractivity contribution is 0.0687. The zero-order valence-electron chi connectivity index (χ0n) is 15.0. The molecule has 0 spiro atoms. The van der Waals surface area contributed by atoms with Crippen LogP contribution >= 0.6 is 0 Å². The van der Waals surface area contributed by atoms with E-state index in [1.54, 1.807) is 18.2 Å².